The fourth-order valence-electron chi connectivity index (χ4n) is 3.91. The van der Waals surface area contributed by atoms with Crippen LogP contribution >= 0.6 is 0 Å². The van der Waals surface area contributed by atoms with Crippen molar-refractivity contribution < 1.29 is 10.2 Å². The van der Waals surface area contributed by atoms with Gasteiger partial charge in [-0.3, -0.25) is 0 Å². The van der Waals surface area contributed by atoms with E-state index in [2.05, 4.69) is 45.0 Å². The molecule has 3 aromatic rings. The third kappa shape index (κ3) is 2.89. The molecule has 0 bridgehead atoms. The number of hydrogen-bond donors (Lipinski definition) is 2. The minimum absolute atomic E-state index is 0.150. The molecule has 0 aliphatic heterocycles. The third-order valence-corrected chi connectivity index (χ3v) is 4.93. The van der Waals surface area contributed by atoms with Gasteiger partial charge in [0, 0.05) is 5.41 Å². The van der Waals surface area contributed by atoms with Gasteiger partial charge < -0.3 is 10.2 Å². The van der Waals surface area contributed by atoms with E-state index in [4.69, 9.17) is 0 Å². The quantitative estimate of drug-likeness (QED) is 0.624. The zero-order valence-electron chi connectivity index (χ0n) is 14.9. The van der Waals surface area contributed by atoms with Crippen molar-refractivity contribution in [3.05, 3.63) is 95.6 Å². The Morgan fingerprint density at radius 1 is 0.520 bits per heavy atom. The summed E-state index contributed by atoms with van der Waals surface area (Å²) in [5.41, 5.74) is 2.82. The van der Waals surface area contributed by atoms with Gasteiger partial charge in [-0.15, -0.1) is 0 Å². The first-order valence-electron chi connectivity index (χ1n) is 8.50. The van der Waals surface area contributed by atoms with E-state index in [1.54, 1.807) is 24.3 Å². The number of rotatable bonds is 3. The Morgan fingerprint density at radius 2 is 0.880 bits per heavy atom. The zero-order chi connectivity index (χ0) is 18.1. The van der Waals surface area contributed by atoms with E-state index in [0.29, 0.717) is 0 Å². The van der Waals surface area contributed by atoms with Gasteiger partial charge in [0.05, 0.1) is 0 Å². The van der Waals surface area contributed by atoms with E-state index < -0.39 is 5.41 Å². The summed E-state index contributed by atoms with van der Waals surface area (Å²) < 4.78 is 0. The molecular weight excluding hydrogens is 308 g/mol. The maximum absolute atomic E-state index is 9.77. The van der Waals surface area contributed by atoms with Crippen molar-refractivity contribution in [2.24, 2.45) is 5.41 Å². The standard InChI is InChI=1S/C23H24O2/c1-22(2,3)23(17-7-5-4-6-8-17,18-9-13-20(24)14-10-18)19-11-15-21(25)16-12-19/h4-16,24-25H,1-3H3. The highest BCUT2D eigenvalue weighted by molar-refractivity contribution is 5.54. The molecule has 0 aliphatic carbocycles. The Kier molecular flexibility index (Phi) is 4.30. The predicted octanol–water partition coefficient (Wildman–Crippen LogP) is 5.48. The van der Waals surface area contributed by atoms with Crippen LogP contribution in [-0.2, 0) is 5.41 Å². The van der Waals surface area contributed by atoms with Gasteiger partial charge in [0.1, 0.15) is 11.5 Å². The summed E-state index contributed by atoms with van der Waals surface area (Å²) >= 11 is 0. The van der Waals surface area contributed by atoms with E-state index >= 15 is 0 Å². The lowest BCUT2D eigenvalue weighted by atomic mass is 9.56. The van der Waals surface area contributed by atoms with Crippen molar-refractivity contribution in [3.8, 4) is 11.5 Å². The Bertz CT molecular complexity index is 781. The molecule has 2 N–H and O–H groups in total. The highest BCUT2D eigenvalue weighted by atomic mass is 16.3. The summed E-state index contributed by atoms with van der Waals surface area (Å²) in [7, 11) is 0. The number of hydrogen-bond acceptors (Lipinski definition) is 2. The second kappa shape index (κ2) is 6.29. The van der Waals surface area contributed by atoms with Gasteiger partial charge >= 0.3 is 0 Å². The summed E-state index contributed by atoms with van der Waals surface area (Å²) in [5.74, 6) is 0.510. The summed E-state index contributed by atoms with van der Waals surface area (Å²) in [5, 5.41) is 19.5. The fraction of sp³-hybridized carbons (Fsp3) is 0.217. The summed E-state index contributed by atoms with van der Waals surface area (Å²) in [6, 6.07) is 25.3. The molecule has 2 heteroatoms. The van der Waals surface area contributed by atoms with E-state index in [9.17, 15) is 10.2 Å². The monoisotopic (exact) mass is 332 g/mol. The van der Waals surface area contributed by atoms with Crippen molar-refractivity contribution in [1.29, 1.82) is 0 Å². The molecule has 0 unspecified atom stereocenters. The van der Waals surface area contributed by atoms with Gasteiger partial charge in [-0.05, 0) is 46.4 Å². The van der Waals surface area contributed by atoms with Crippen LogP contribution in [0.1, 0.15) is 37.5 Å². The van der Waals surface area contributed by atoms with Crippen molar-refractivity contribution in [3.63, 3.8) is 0 Å². The van der Waals surface area contributed by atoms with Crippen molar-refractivity contribution in [1.82, 2.24) is 0 Å². The van der Waals surface area contributed by atoms with Crippen LogP contribution in [0.2, 0.25) is 0 Å². The molecule has 0 heterocycles. The van der Waals surface area contributed by atoms with Gasteiger partial charge in [-0.2, -0.15) is 0 Å². The van der Waals surface area contributed by atoms with Crippen LogP contribution in [0.4, 0.5) is 0 Å². The molecule has 25 heavy (non-hydrogen) atoms. The SMILES string of the molecule is CC(C)(C)C(c1ccccc1)(c1ccc(O)cc1)c1ccc(O)cc1. The van der Waals surface area contributed by atoms with Crippen molar-refractivity contribution >= 4 is 0 Å². The Morgan fingerprint density at radius 3 is 1.24 bits per heavy atom. The van der Waals surface area contributed by atoms with Crippen LogP contribution in [0.5, 0.6) is 11.5 Å². The third-order valence-electron chi connectivity index (χ3n) is 4.93. The lowest BCUT2D eigenvalue weighted by Gasteiger charge is -2.46. The largest absolute Gasteiger partial charge is 0.508 e. The van der Waals surface area contributed by atoms with Crippen LogP contribution < -0.4 is 0 Å². The highest BCUT2D eigenvalue weighted by Crippen LogP contribution is 2.52. The maximum atomic E-state index is 9.77. The lowest BCUT2D eigenvalue weighted by molar-refractivity contribution is 0.272. The molecule has 3 aromatic carbocycles. The average Bonchev–Trinajstić information content (AvgIpc) is 2.58. The molecule has 0 amide bonds. The number of aromatic hydroxyl groups is 2. The Labute approximate surface area is 149 Å². The van der Waals surface area contributed by atoms with Crippen molar-refractivity contribution in [2.45, 2.75) is 26.2 Å². The molecular formula is C23H24O2. The lowest BCUT2D eigenvalue weighted by Crippen LogP contribution is -2.42. The molecule has 0 spiro atoms. The Balaban J connectivity index is 2.40. The number of phenolic OH excluding ortho intramolecular Hbond substituents is 2. The van der Waals surface area contributed by atoms with Crippen LogP contribution in [-0.4, -0.2) is 10.2 Å². The van der Waals surface area contributed by atoms with Gasteiger partial charge in [0.2, 0.25) is 0 Å². The van der Waals surface area contributed by atoms with Gasteiger partial charge in [-0.25, -0.2) is 0 Å². The summed E-state index contributed by atoms with van der Waals surface area (Å²) in [6.07, 6.45) is 0. The van der Waals surface area contributed by atoms with Crippen molar-refractivity contribution in [2.75, 3.05) is 0 Å². The molecule has 2 nitrogen and oxygen atoms in total. The highest BCUT2D eigenvalue weighted by Gasteiger charge is 2.46. The van der Waals surface area contributed by atoms with E-state index in [1.165, 1.54) is 5.56 Å². The molecule has 0 fully saturated rings. The first kappa shape index (κ1) is 17.1. The maximum Gasteiger partial charge on any atom is 0.115 e. The molecule has 0 saturated heterocycles. The molecule has 128 valence electrons. The topological polar surface area (TPSA) is 40.5 Å². The van der Waals surface area contributed by atoms with Gasteiger partial charge in [-0.1, -0.05) is 75.4 Å². The number of benzene rings is 3. The van der Waals surface area contributed by atoms with Crippen LogP contribution in [0.25, 0.3) is 0 Å². The minimum Gasteiger partial charge on any atom is -0.508 e. The van der Waals surface area contributed by atoms with Crippen LogP contribution in [0.15, 0.2) is 78.9 Å². The van der Waals surface area contributed by atoms with E-state index in [1.807, 2.05) is 30.3 Å². The first-order chi connectivity index (χ1) is 11.9. The Hall–Kier alpha value is -2.74. The molecule has 0 saturated carbocycles. The minimum atomic E-state index is -0.421. The van der Waals surface area contributed by atoms with Gasteiger partial charge in [0.15, 0.2) is 0 Å². The van der Waals surface area contributed by atoms with Crippen LogP contribution in [0, 0.1) is 5.41 Å². The van der Waals surface area contributed by atoms with Gasteiger partial charge in [0.25, 0.3) is 0 Å². The molecule has 0 aromatic heterocycles. The molecule has 0 radical (unpaired) electrons. The van der Waals surface area contributed by atoms with E-state index in [0.717, 1.165) is 11.1 Å². The van der Waals surface area contributed by atoms with E-state index in [-0.39, 0.29) is 16.9 Å². The fourth-order valence-corrected chi connectivity index (χ4v) is 3.91. The van der Waals surface area contributed by atoms with Crippen LogP contribution in [0.3, 0.4) is 0 Å². The molecule has 3 rings (SSSR count). The molecule has 0 atom stereocenters. The summed E-state index contributed by atoms with van der Waals surface area (Å²) in [4.78, 5) is 0. The zero-order valence-corrected chi connectivity index (χ0v) is 14.9. The smallest absolute Gasteiger partial charge is 0.115 e. The average molecular weight is 332 g/mol. The second-order valence-electron chi connectivity index (χ2n) is 7.46. The predicted molar refractivity (Wildman–Crippen MR) is 102 cm³/mol. The first-order valence-corrected chi connectivity index (χ1v) is 8.50. The normalized spacial score (nSPS) is 12.1. The number of phenols is 2. The molecule has 0 aliphatic rings. The second-order valence-corrected chi connectivity index (χ2v) is 7.46. The summed E-state index contributed by atoms with van der Waals surface area (Å²) in [6.45, 7) is 6.67.